The number of ether oxygens (including phenoxy) is 1. The Labute approximate surface area is 409 Å². The van der Waals surface area contributed by atoms with Gasteiger partial charge in [-0.1, -0.05) is 91.3 Å². The molecule has 384 valence electrons. The molecule has 0 aromatic heterocycles. The van der Waals surface area contributed by atoms with Crippen LogP contribution in [0, 0.1) is 17.3 Å². The Morgan fingerprint density at radius 1 is 0.794 bits per heavy atom. The zero-order chi connectivity index (χ0) is 50.6. The second-order valence-electron chi connectivity index (χ2n) is 18.5. The maximum atomic E-state index is 13.8. The molecule has 0 spiro atoms. The molecule has 3 rings (SSSR count). The molecule has 2 aromatic carbocycles. The molecule has 5 N–H and O–H groups in total. The van der Waals surface area contributed by atoms with Crippen molar-refractivity contribution in [1.82, 2.24) is 31.1 Å². The standard InChI is InChI=1S/C51H75N7O10.5H2/c1-10-36-28-45(63)58(47(36)65)25-19-15-18-22-41(59)52-30-42(60)53-31-44(62)56-40(26-35-20-16-14-17-21-35)46(64)54-32-43(61)55-39-24-23-37(33-68-48(66)34(5)6)38(27-39)29-51(8,13-4)57(9)49(67)50(7,11-2)12-3;;;;;/h14,16-17,20-21,23-24,27,34,36,40H,10-13,15,18-19,22,25-26,28-33H2,1-9H3,(H,52,59)(H,53,60)(H,54,64)(H,55,61)(H,56,62);5*1H/t36?,40-,51?;;;;;/m0...../s1. The van der Waals surface area contributed by atoms with Gasteiger partial charge in [0.1, 0.15) is 12.6 Å². The lowest BCUT2D eigenvalue weighted by molar-refractivity contribution is -0.148. The van der Waals surface area contributed by atoms with Crippen LogP contribution in [-0.4, -0.2) is 108 Å². The topological polar surface area (TPSA) is 229 Å². The van der Waals surface area contributed by atoms with E-state index in [-0.39, 0.29) is 81.0 Å². The van der Waals surface area contributed by atoms with Gasteiger partial charge in [0.25, 0.3) is 0 Å². The van der Waals surface area contributed by atoms with E-state index in [1.165, 1.54) is 4.90 Å². The number of nitrogens with zero attached hydrogens (tertiary/aromatic N) is 2. The summed E-state index contributed by atoms with van der Waals surface area (Å²) in [5.74, 6) is -4.03. The Balaban J connectivity index is -0.00000980. The molecule has 68 heavy (non-hydrogen) atoms. The molecule has 1 fully saturated rings. The first-order valence-electron chi connectivity index (χ1n) is 24.1. The molecule has 1 heterocycles. The van der Waals surface area contributed by atoms with Crippen molar-refractivity contribution < 1.29 is 55.0 Å². The Morgan fingerprint density at radius 3 is 2.06 bits per heavy atom. The number of likely N-dealkylation sites (tertiary alicyclic amines) is 1. The van der Waals surface area contributed by atoms with Crippen LogP contribution >= 0.6 is 0 Å². The predicted octanol–water partition coefficient (Wildman–Crippen LogP) is 5.97. The number of amides is 8. The first-order chi connectivity index (χ1) is 32.2. The Morgan fingerprint density at radius 2 is 1.44 bits per heavy atom. The van der Waals surface area contributed by atoms with E-state index >= 15 is 0 Å². The summed E-state index contributed by atoms with van der Waals surface area (Å²) in [6.45, 7) is 14.4. The van der Waals surface area contributed by atoms with Gasteiger partial charge in [-0.15, -0.1) is 0 Å². The van der Waals surface area contributed by atoms with Gasteiger partial charge in [-0.25, -0.2) is 0 Å². The summed E-state index contributed by atoms with van der Waals surface area (Å²) in [4.78, 5) is 119. The fourth-order valence-corrected chi connectivity index (χ4v) is 7.76. The lowest BCUT2D eigenvalue weighted by Crippen LogP contribution is -2.53. The molecule has 0 bridgehead atoms. The number of benzene rings is 2. The van der Waals surface area contributed by atoms with Gasteiger partial charge in [0.05, 0.1) is 25.6 Å². The van der Waals surface area contributed by atoms with Crippen LogP contribution in [0.4, 0.5) is 5.69 Å². The fraction of sp³-hybridized carbons (Fsp3) is 0.588. The molecular weight excluding hydrogens is 871 g/mol. The van der Waals surface area contributed by atoms with Crippen molar-refractivity contribution in [2.45, 2.75) is 144 Å². The van der Waals surface area contributed by atoms with E-state index < -0.39 is 53.7 Å². The first kappa shape index (κ1) is 56.2. The van der Waals surface area contributed by atoms with Crippen LogP contribution in [0.25, 0.3) is 0 Å². The average Bonchev–Trinajstić information content (AvgIpc) is 3.60. The average molecular weight is 956 g/mol. The number of anilines is 1. The lowest BCUT2D eigenvalue weighted by atomic mass is 9.80. The van der Waals surface area contributed by atoms with Crippen LogP contribution in [0.5, 0.6) is 0 Å². The summed E-state index contributed by atoms with van der Waals surface area (Å²) in [6.07, 6.45) is 5.17. The first-order valence-corrected chi connectivity index (χ1v) is 24.1. The predicted molar refractivity (Wildman–Crippen MR) is 269 cm³/mol. The van der Waals surface area contributed by atoms with Crippen LogP contribution in [0.1, 0.15) is 137 Å². The van der Waals surface area contributed by atoms with Crippen molar-refractivity contribution in [3.63, 3.8) is 0 Å². The third-order valence-corrected chi connectivity index (χ3v) is 13.2. The number of rotatable bonds is 28. The molecule has 0 saturated carbocycles. The van der Waals surface area contributed by atoms with Crippen molar-refractivity contribution in [3.05, 3.63) is 65.2 Å². The highest BCUT2D eigenvalue weighted by Crippen LogP contribution is 2.34. The van der Waals surface area contributed by atoms with E-state index in [4.69, 9.17) is 4.74 Å². The van der Waals surface area contributed by atoms with Gasteiger partial charge in [0, 0.05) is 62.5 Å². The highest BCUT2D eigenvalue weighted by Gasteiger charge is 2.40. The van der Waals surface area contributed by atoms with Crippen LogP contribution in [-0.2, 0) is 67.3 Å². The van der Waals surface area contributed by atoms with E-state index in [2.05, 4.69) is 26.6 Å². The highest BCUT2D eigenvalue weighted by molar-refractivity contribution is 6.03. The Hall–Kier alpha value is -6.13. The van der Waals surface area contributed by atoms with E-state index in [1.54, 1.807) is 56.3 Å². The largest absolute Gasteiger partial charge is 0.461 e. The van der Waals surface area contributed by atoms with Crippen molar-refractivity contribution in [3.8, 4) is 0 Å². The summed E-state index contributed by atoms with van der Waals surface area (Å²) < 4.78 is 5.60. The third kappa shape index (κ3) is 16.9. The van der Waals surface area contributed by atoms with E-state index in [1.807, 2.05) is 59.6 Å². The van der Waals surface area contributed by atoms with E-state index in [0.717, 1.165) is 16.7 Å². The molecule has 17 heteroatoms. The summed E-state index contributed by atoms with van der Waals surface area (Å²) >= 11 is 0. The number of nitrogens with one attached hydrogen (secondary N) is 5. The van der Waals surface area contributed by atoms with Gasteiger partial charge >= 0.3 is 5.97 Å². The molecule has 0 aliphatic carbocycles. The van der Waals surface area contributed by atoms with Gasteiger partial charge in [-0.05, 0) is 80.7 Å². The van der Waals surface area contributed by atoms with Gasteiger partial charge in [0.2, 0.25) is 47.3 Å². The second-order valence-corrected chi connectivity index (χ2v) is 18.5. The zero-order valence-corrected chi connectivity index (χ0v) is 41.6. The fourth-order valence-electron chi connectivity index (χ4n) is 7.76. The molecule has 1 aliphatic rings. The normalized spacial score (nSPS) is 15.0. The third-order valence-electron chi connectivity index (χ3n) is 13.2. The molecule has 1 saturated heterocycles. The minimum absolute atomic E-state index is 0. The minimum atomic E-state index is -1.11. The zero-order valence-electron chi connectivity index (χ0n) is 41.6. The van der Waals surface area contributed by atoms with Gasteiger partial charge < -0.3 is 36.2 Å². The highest BCUT2D eigenvalue weighted by atomic mass is 16.5. The maximum absolute atomic E-state index is 13.8. The van der Waals surface area contributed by atoms with Crippen LogP contribution in [0.2, 0.25) is 0 Å². The number of unbranched alkanes of at least 4 members (excludes halogenated alkanes) is 2. The number of imide groups is 1. The Bertz CT molecular complexity index is 2120. The smallest absolute Gasteiger partial charge is 0.308 e. The Kier molecular flexibility index (Phi) is 22.3. The molecule has 17 nitrogen and oxygen atoms in total. The number of hydrogen-bond acceptors (Lipinski definition) is 10. The van der Waals surface area contributed by atoms with Crippen molar-refractivity contribution in [1.29, 1.82) is 0 Å². The van der Waals surface area contributed by atoms with E-state index in [0.29, 0.717) is 63.6 Å². The minimum Gasteiger partial charge on any atom is -0.461 e. The number of hydrogen-bond donors (Lipinski definition) is 5. The molecule has 1 aliphatic heterocycles. The molecule has 3 atom stereocenters. The van der Waals surface area contributed by atoms with E-state index in [9.17, 15) is 43.2 Å². The van der Waals surface area contributed by atoms with Crippen LogP contribution < -0.4 is 26.6 Å². The summed E-state index contributed by atoms with van der Waals surface area (Å²) in [6, 6.07) is 13.1. The van der Waals surface area contributed by atoms with Gasteiger partial charge in [0.15, 0.2) is 0 Å². The maximum Gasteiger partial charge on any atom is 0.308 e. The molecule has 8 amide bonds. The SMILES string of the molecule is CCC1CC(=O)N(CCCCCC(=O)NCC(=O)NCC(=O)N[C@@H](Cc2ccccc2)C(=O)NCC(=O)Nc2ccc(COC(=O)C(C)C)c(CC(C)(CC)N(C)C(=O)C(C)(CC)CC)c2)C1=O.[HH].[HH].[HH].[HH].[HH]. The van der Waals surface area contributed by atoms with Crippen LogP contribution in [0.3, 0.4) is 0 Å². The molecule has 0 radical (unpaired) electrons. The number of carbonyl (C=O) groups excluding carboxylic acids is 9. The van der Waals surface area contributed by atoms with Crippen LogP contribution in [0.15, 0.2) is 48.5 Å². The lowest BCUT2D eigenvalue weighted by Gasteiger charge is -2.43. The quantitative estimate of drug-likeness (QED) is 0.0381. The number of likely N-dealkylation sites (N-methyl/N-ethyl adjacent to an activating group) is 1. The monoisotopic (exact) mass is 956 g/mol. The molecule has 2 aromatic rings. The number of esters is 1. The van der Waals surface area contributed by atoms with Gasteiger partial charge in [-0.2, -0.15) is 0 Å². The van der Waals surface area contributed by atoms with Crippen molar-refractivity contribution in [2.24, 2.45) is 17.3 Å². The van der Waals surface area contributed by atoms with Crippen molar-refractivity contribution >= 4 is 58.9 Å². The molecular formula is C51H85N7O10. The van der Waals surface area contributed by atoms with Gasteiger partial charge in [-0.3, -0.25) is 48.1 Å². The number of carbonyl (C=O) groups is 9. The summed E-state index contributed by atoms with van der Waals surface area (Å²) in [5, 5.41) is 13.0. The second kappa shape index (κ2) is 27.0. The summed E-state index contributed by atoms with van der Waals surface area (Å²) in [5.41, 5.74) is 1.49. The van der Waals surface area contributed by atoms with Crippen molar-refractivity contribution in [2.75, 3.05) is 38.5 Å². The summed E-state index contributed by atoms with van der Waals surface area (Å²) in [7, 11) is 1.81. The molecule has 2 unspecified atom stereocenters.